The normalized spacial score (nSPS) is 11.9. The smallest absolute Gasteiger partial charge is 0.0547 e. The Morgan fingerprint density at radius 3 is 1.30 bits per heavy atom. The predicted molar refractivity (Wildman–Crippen MR) is 240 cm³/mol. The summed E-state index contributed by atoms with van der Waals surface area (Å²) in [6.45, 7) is 0. The van der Waals surface area contributed by atoms with Gasteiger partial charge in [0, 0.05) is 49.4 Å². The summed E-state index contributed by atoms with van der Waals surface area (Å²) < 4.78 is 7.22. The van der Waals surface area contributed by atoms with Crippen molar-refractivity contribution in [1.82, 2.24) is 13.7 Å². The van der Waals surface area contributed by atoms with Gasteiger partial charge in [0.05, 0.1) is 33.1 Å². The Balaban J connectivity index is 1.06. The lowest BCUT2D eigenvalue weighted by atomic mass is 9.97. The van der Waals surface area contributed by atoms with Crippen LogP contribution in [0.25, 0.3) is 105 Å². The topological polar surface area (TPSA) is 14.8 Å². The highest BCUT2D eigenvalue weighted by Crippen LogP contribution is 2.42. The third-order valence-corrected chi connectivity index (χ3v) is 11.8. The fourth-order valence-electron chi connectivity index (χ4n) is 9.35. The van der Waals surface area contributed by atoms with Gasteiger partial charge in [-0.15, -0.1) is 0 Å². The SMILES string of the molecule is c1ccc(-c2cccc3c2c2cc(-c4ccc5c(c4)c4ccccc4n5-c4ccc5c(c4)c4ccccc4n5-c4ccccc4)ccc2n3-c2ccccc2)cc1. The maximum atomic E-state index is 2.44. The third kappa shape index (κ3) is 4.79. The first-order valence-corrected chi connectivity index (χ1v) is 19.6. The minimum absolute atomic E-state index is 1.15. The van der Waals surface area contributed by atoms with Crippen LogP contribution in [0.15, 0.2) is 212 Å². The van der Waals surface area contributed by atoms with E-state index in [0.29, 0.717) is 0 Å². The average molecular weight is 726 g/mol. The van der Waals surface area contributed by atoms with Crippen LogP contribution in [0.4, 0.5) is 0 Å². The summed E-state index contributed by atoms with van der Waals surface area (Å²) in [5.41, 5.74) is 15.6. The Labute approximate surface area is 329 Å². The quantitative estimate of drug-likeness (QED) is 0.168. The highest BCUT2D eigenvalue weighted by molar-refractivity contribution is 6.17. The fourth-order valence-corrected chi connectivity index (χ4v) is 9.35. The molecule has 0 aliphatic carbocycles. The van der Waals surface area contributed by atoms with Crippen LogP contribution in [0.3, 0.4) is 0 Å². The second-order valence-electron chi connectivity index (χ2n) is 14.9. The van der Waals surface area contributed by atoms with Crippen molar-refractivity contribution in [3.8, 4) is 39.3 Å². The van der Waals surface area contributed by atoms with E-state index in [9.17, 15) is 0 Å². The van der Waals surface area contributed by atoms with Gasteiger partial charge in [-0.3, -0.25) is 0 Å². The van der Waals surface area contributed by atoms with Gasteiger partial charge < -0.3 is 13.7 Å². The zero-order valence-corrected chi connectivity index (χ0v) is 31.0. The van der Waals surface area contributed by atoms with E-state index in [0.717, 1.165) is 11.4 Å². The summed E-state index contributed by atoms with van der Waals surface area (Å²) in [5, 5.41) is 7.50. The maximum Gasteiger partial charge on any atom is 0.0547 e. The summed E-state index contributed by atoms with van der Waals surface area (Å²) in [6, 6.07) is 77.4. The Hall–Kier alpha value is -7.62. The van der Waals surface area contributed by atoms with Crippen LogP contribution in [0.2, 0.25) is 0 Å². The van der Waals surface area contributed by atoms with Gasteiger partial charge in [0.15, 0.2) is 0 Å². The van der Waals surface area contributed by atoms with Crippen molar-refractivity contribution in [2.45, 2.75) is 0 Å². The van der Waals surface area contributed by atoms with E-state index in [4.69, 9.17) is 0 Å². The lowest BCUT2D eigenvalue weighted by molar-refractivity contribution is 1.17. The number of nitrogens with zero attached hydrogens (tertiary/aromatic N) is 3. The summed E-state index contributed by atoms with van der Waals surface area (Å²) >= 11 is 0. The molecule has 3 aromatic heterocycles. The second-order valence-corrected chi connectivity index (χ2v) is 14.9. The zero-order valence-electron chi connectivity index (χ0n) is 31.0. The Morgan fingerprint density at radius 1 is 0.228 bits per heavy atom. The average Bonchev–Trinajstić information content (AvgIpc) is 3.92. The minimum atomic E-state index is 1.15. The number of rotatable bonds is 5. The van der Waals surface area contributed by atoms with Crippen molar-refractivity contribution in [1.29, 1.82) is 0 Å². The lowest BCUT2D eigenvalue weighted by Crippen LogP contribution is -1.95. The van der Waals surface area contributed by atoms with E-state index in [1.165, 1.54) is 93.4 Å². The molecule has 266 valence electrons. The molecule has 12 rings (SSSR count). The summed E-state index contributed by atoms with van der Waals surface area (Å²) in [5.74, 6) is 0. The maximum absolute atomic E-state index is 2.44. The van der Waals surface area contributed by atoms with Crippen LogP contribution in [0.5, 0.6) is 0 Å². The van der Waals surface area contributed by atoms with Crippen molar-refractivity contribution in [2.75, 3.05) is 0 Å². The predicted octanol–water partition coefficient (Wildman–Crippen LogP) is 14.3. The van der Waals surface area contributed by atoms with Crippen LogP contribution in [-0.2, 0) is 0 Å². The van der Waals surface area contributed by atoms with Crippen molar-refractivity contribution in [3.05, 3.63) is 212 Å². The van der Waals surface area contributed by atoms with Crippen LogP contribution in [-0.4, -0.2) is 13.7 Å². The summed E-state index contributed by atoms with van der Waals surface area (Å²) in [7, 11) is 0. The van der Waals surface area contributed by atoms with E-state index in [2.05, 4.69) is 226 Å². The van der Waals surface area contributed by atoms with E-state index < -0.39 is 0 Å². The van der Waals surface area contributed by atoms with Crippen molar-refractivity contribution >= 4 is 65.4 Å². The van der Waals surface area contributed by atoms with Gasteiger partial charge >= 0.3 is 0 Å². The van der Waals surface area contributed by atoms with Gasteiger partial charge in [-0.1, -0.05) is 127 Å². The number of hydrogen-bond donors (Lipinski definition) is 0. The summed E-state index contributed by atoms with van der Waals surface area (Å²) in [6.07, 6.45) is 0. The Morgan fingerprint density at radius 2 is 0.667 bits per heavy atom. The van der Waals surface area contributed by atoms with Crippen LogP contribution < -0.4 is 0 Å². The first-order chi connectivity index (χ1) is 28.3. The molecule has 0 amide bonds. The molecule has 3 heteroatoms. The van der Waals surface area contributed by atoms with Gasteiger partial charge in [-0.2, -0.15) is 0 Å². The highest BCUT2D eigenvalue weighted by Gasteiger charge is 2.19. The molecule has 12 aromatic rings. The number of aromatic nitrogens is 3. The molecule has 9 aromatic carbocycles. The van der Waals surface area contributed by atoms with E-state index in [-0.39, 0.29) is 0 Å². The monoisotopic (exact) mass is 725 g/mol. The minimum Gasteiger partial charge on any atom is -0.309 e. The van der Waals surface area contributed by atoms with Gasteiger partial charge in [0.2, 0.25) is 0 Å². The second kappa shape index (κ2) is 12.5. The van der Waals surface area contributed by atoms with Crippen molar-refractivity contribution in [2.24, 2.45) is 0 Å². The molecule has 0 spiro atoms. The van der Waals surface area contributed by atoms with Crippen molar-refractivity contribution in [3.63, 3.8) is 0 Å². The fraction of sp³-hybridized carbons (Fsp3) is 0. The van der Waals surface area contributed by atoms with Gasteiger partial charge in [0.1, 0.15) is 0 Å². The molecule has 57 heavy (non-hydrogen) atoms. The molecule has 0 aliphatic heterocycles. The molecular formula is C54H35N3. The van der Waals surface area contributed by atoms with Crippen LogP contribution in [0.1, 0.15) is 0 Å². The zero-order chi connectivity index (χ0) is 37.5. The third-order valence-electron chi connectivity index (χ3n) is 11.8. The molecule has 0 saturated heterocycles. The highest BCUT2D eigenvalue weighted by atomic mass is 15.0. The number of fused-ring (bicyclic) bond motifs is 9. The Bertz CT molecular complexity index is 3500. The first kappa shape index (κ1) is 31.7. The van der Waals surface area contributed by atoms with Crippen molar-refractivity contribution < 1.29 is 0 Å². The summed E-state index contributed by atoms with van der Waals surface area (Å²) in [4.78, 5) is 0. The molecule has 0 bridgehead atoms. The van der Waals surface area contributed by atoms with Gasteiger partial charge in [0.25, 0.3) is 0 Å². The van der Waals surface area contributed by atoms with E-state index in [1.807, 2.05) is 0 Å². The molecule has 0 fully saturated rings. The first-order valence-electron chi connectivity index (χ1n) is 19.6. The molecule has 0 N–H and O–H groups in total. The molecule has 0 atom stereocenters. The molecular weight excluding hydrogens is 691 g/mol. The Kier molecular flexibility index (Phi) is 6.93. The molecule has 0 unspecified atom stereocenters. The molecule has 0 saturated carbocycles. The van der Waals surface area contributed by atoms with Crippen LogP contribution >= 0.6 is 0 Å². The van der Waals surface area contributed by atoms with E-state index >= 15 is 0 Å². The molecule has 0 aliphatic rings. The molecule has 3 nitrogen and oxygen atoms in total. The lowest BCUT2D eigenvalue weighted by Gasteiger charge is -2.11. The van der Waals surface area contributed by atoms with Gasteiger partial charge in [-0.05, 0) is 107 Å². The molecule has 3 heterocycles. The molecule has 0 radical (unpaired) electrons. The van der Waals surface area contributed by atoms with Gasteiger partial charge in [-0.25, -0.2) is 0 Å². The number of hydrogen-bond acceptors (Lipinski definition) is 0. The largest absolute Gasteiger partial charge is 0.309 e. The van der Waals surface area contributed by atoms with E-state index in [1.54, 1.807) is 0 Å². The number of benzene rings is 9. The van der Waals surface area contributed by atoms with Crippen LogP contribution in [0, 0.1) is 0 Å². The standard InChI is InChI=1S/C54H35N3/c1-4-15-36(16-5-1)42-23-14-26-53-54(42)47-34-38(28-31-52(47)56(53)40-19-8-3-9-20-40)37-27-30-50-45(33-37)43-21-10-13-25-49(43)57(50)41-29-32-51-46(35-41)44-22-11-12-24-48(44)55(51)39-17-6-2-7-18-39/h1-35H. The number of para-hydroxylation sites is 4.